The Morgan fingerprint density at radius 2 is 1.59 bits per heavy atom. The van der Waals surface area contributed by atoms with Gasteiger partial charge >= 0.3 is 0 Å². The number of hydrogen-bond donors (Lipinski definition) is 1. The fourth-order valence-electron chi connectivity index (χ4n) is 3.51. The molecule has 1 heterocycles. The highest BCUT2D eigenvalue weighted by atomic mass is 35.5. The zero-order valence-corrected chi connectivity index (χ0v) is 16.6. The Balaban J connectivity index is 1.37. The molecule has 0 aliphatic carbocycles. The van der Waals surface area contributed by atoms with Crippen molar-refractivity contribution >= 4 is 45.4 Å². The average Bonchev–Trinajstić information content (AvgIpc) is 2.70. The van der Waals surface area contributed by atoms with E-state index in [0.29, 0.717) is 0 Å². The van der Waals surface area contributed by atoms with Gasteiger partial charge in [0.1, 0.15) is 0 Å². The second-order valence-electron chi connectivity index (χ2n) is 6.81. The Labute approximate surface area is 170 Å². The minimum absolute atomic E-state index is 0.795. The Morgan fingerprint density at radius 1 is 0.889 bits per heavy atom. The minimum Gasteiger partial charge on any atom is -0.346 e. The van der Waals surface area contributed by atoms with Crippen LogP contribution in [0.3, 0.4) is 0 Å². The molecule has 138 valence electrons. The topological polar surface area (TPSA) is 18.5 Å². The molecule has 0 atom stereocenters. The van der Waals surface area contributed by atoms with Crippen molar-refractivity contribution in [2.75, 3.05) is 31.5 Å². The summed E-state index contributed by atoms with van der Waals surface area (Å²) in [5, 5.41) is 7.49. The molecule has 4 rings (SSSR count). The molecule has 1 fully saturated rings. The minimum atomic E-state index is 0.795. The predicted octanol–water partition coefficient (Wildman–Crippen LogP) is 5.01. The number of nitrogens with zero attached hydrogens (tertiary/aromatic N) is 2. The van der Waals surface area contributed by atoms with Crippen LogP contribution < -0.4 is 5.32 Å². The van der Waals surface area contributed by atoms with Crippen molar-refractivity contribution in [2.24, 2.45) is 0 Å². The van der Waals surface area contributed by atoms with Crippen LogP contribution in [0.25, 0.3) is 10.8 Å². The first-order valence-corrected chi connectivity index (χ1v) is 9.99. The van der Waals surface area contributed by atoms with E-state index in [1.54, 1.807) is 0 Å². The number of thiocarbonyl (C=S) groups is 1. The summed E-state index contributed by atoms with van der Waals surface area (Å²) in [6, 6.07) is 22.7. The summed E-state index contributed by atoms with van der Waals surface area (Å²) in [4.78, 5) is 4.68. The van der Waals surface area contributed by atoms with Crippen LogP contribution in [0.5, 0.6) is 0 Å². The van der Waals surface area contributed by atoms with Gasteiger partial charge in [-0.05, 0) is 35.3 Å². The summed E-state index contributed by atoms with van der Waals surface area (Å²) in [6.07, 6.45) is 0. The van der Waals surface area contributed by atoms with Crippen LogP contribution in [0.2, 0.25) is 5.02 Å². The zero-order chi connectivity index (χ0) is 18.6. The number of hydrogen-bond acceptors (Lipinski definition) is 2. The van der Waals surface area contributed by atoms with E-state index in [-0.39, 0.29) is 0 Å². The van der Waals surface area contributed by atoms with E-state index in [9.17, 15) is 0 Å². The van der Waals surface area contributed by atoms with E-state index in [1.807, 2.05) is 18.2 Å². The van der Waals surface area contributed by atoms with Crippen LogP contribution >= 0.6 is 23.8 Å². The first-order chi connectivity index (χ1) is 13.2. The van der Waals surface area contributed by atoms with Gasteiger partial charge in [0.05, 0.1) is 0 Å². The second-order valence-corrected chi connectivity index (χ2v) is 7.61. The van der Waals surface area contributed by atoms with Gasteiger partial charge in [0.2, 0.25) is 0 Å². The molecule has 3 nitrogen and oxygen atoms in total. The normalized spacial score (nSPS) is 15.1. The molecule has 1 N–H and O–H groups in total. The average molecular weight is 396 g/mol. The Kier molecular flexibility index (Phi) is 5.58. The zero-order valence-electron chi connectivity index (χ0n) is 15.1. The summed E-state index contributed by atoms with van der Waals surface area (Å²) in [5.41, 5.74) is 2.25. The molecule has 0 unspecified atom stereocenters. The van der Waals surface area contributed by atoms with Crippen LogP contribution in [0, 0.1) is 0 Å². The first kappa shape index (κ1) is 18.2. The lowest BCUT2D eigenvalue weighted by Crippen LogP contribution is -2.49. The van der Waals surface area contributed by atoms with Crippen molar-refractivity contribution in [3.63, 3.8) is 0 Å². The number of benzene rings is 3. The highest BCUT2D eigenvalue weighted by Crippen LogP contribution is 2.24. The van der Waals surface area contributed by atoms with Gasteiger partial charge < -0.3 is 10.2 Å². The SMILES string of the molecule is S=C(Nc1cccc2ccccc12)N1CCN(Cc2ccccc2Cl)CC1. The van der Waals surface area contributed by atoms with Crippen LogP contribution in [0.15, 0.2) is 66.7 Å². The number of rotatable bonds is 3. The van der Waals surface area contributed by atoms with Crippen molar-refractivity contribution in [1.82, 2.24) is 9.80 Å². The summed E-state index contributed by atoms with van der Waals surface area (Å²) in [6.45, 7) is 4.67. The van der Waals surface area contributed by atoms with Gasteiger partial charge in [0, 0.05) is 48.8 Å². The number of piperazine rings is 1. The van der Waals surface area contributed by atoms with Gasteiger partial charge in [-0.15, -0.1) is 0 Å². The molecule has 0 amide bonds. The number of nitrogens with one attached hydrogen (secondary N) is 1. The van der Waals surface area contributed by atoms with Gasteiger partial charge in [-0.1, -0.05) is 66.2 Å². The molecule has 0 aromatic heterocycles. The van der Waals surface area contributed by atoms with Crippen molar-refractivity contribution in [2.45, 2.75) is 6.54 Å². The molecule has 1 aliphatic rings. The predicted molar refractivity (Wildman–Crippen MR) is 118 cm³/mol. The number of halogens is 1. The van der Waals surface area contributed by atoms with E-state index in [4.69, 9.17) is 23.8 Å². The molecule has 1 aliphatic heterocycles. The summed E-state index contributed by atoms with van der Waals surface area (Å²) < 4.78 is 0. The highest BCUT2D eigenvalue weighted by molar-refractivity contribution is 7.80. The molecule has 0 saturated carbocycles. The van der Waals surface area contributed by atoms with Crippen molar-refractivity contribution in [3.8, 4) is 0 Å². The van der Waals surface area contributed by atoms with Crippen LogP contribution in [-0.4, -0.2) is 41.1 Å². The molecule has 0 spiro atoms. The van der Waals surface area contributed by atoms with Gasteiger partial charge in [0.25, 0.3) is 0 Å². The molecule has 3 aromatic carbocycles. The van der Waals surface area contributed by atoms with E-state index in [0.717, 1.165) is 48.5 Å². The van der Waals surface area contributed by atoms with Crippen molar-refractivity contribution in [3.05, 3.63) is 77.3 Å². The van der Waals surface area contributed by atoms with E-state index < -0.39 is 0 Å². The largest absolute Gasteiger partial charge is 0.346 e. The molecule has 27 heavy (non-hydrogen) atoms. The van der Waals surface area contributed by atoms with E-state index in [2.05, 4.69) is 63.6 Å². The van der Waals surface area contributed by atoms with E-state index in [1.165, 1.54) is 16.3 Å². The van der Waals surface area contributed by atoms with Crippen LogP contribution in [0.4, 0.5) is 5.69 Å². The van der Waals surface area contributed by atoms with E-state index >= 15 is 0 Å². The smallest absolute Gasteiger partial charge is 0.173 e. The second kappa shape index (κ2) is 8.26. The quantitative estimate of drug-likeness (QED) is 0.628. The Morgan fingerprint density at radius 3 is 2.41 bits per heavy atom. The monoisotopic (exact) mass is 395 g/mol. The van der Waals surface area contributed by atoms with Gasteiger partial charge in [-0.25, -0.2) is 0 Å². The maximum atomic E-state index is 6.29. The number of fused-ring (bicyclic) bond motifs is 1. The fourth-order valence-corrected chi connectivity index (χ4v) is 3.99. The highest BCUT2D eigenvalue weighted by Gasteiger charge is 2.20. The third-order valence-electron chi connectivity index (χ3n) is 5.04. The maximum Gasteiger partial charge on any atom is 0.173 e. The summed E-state index contributed by atoms with van der Waals surface area (Å²) in [5.74, 6) is 0. The van der Waals surface area contributed by atoms with Gasteiger partial charge in [-0.2, -0.15) is 0 Å². The standard InChI is InChI=1S/C22H22ClN3S/c23-20-10-4-2-7-18(20)16-25-12-14-26(15-13-25)22(27)24-21-11-5-8-17-6-1-3-9-19(17)21/h1-11H,12-16H2,(H,24,27). The molecule has 1 saturated heterocycles. The first-order valence-electron chi connectivity index (χ1n) is 9.20. The fraction of sp³-hybridized carbons (Fsp3) is 0.227. The molecule has 5 heteroatoms. The van der Waals surface area contributed by atoms with Gasteiger partial charge in [0.15, 0.2) is 5.11 Å². The third-order valence-corrected chi connectivity index (χ3v) is 5.77. The molecule has 0 radical (unpaired) electrons. The molecule has 3 aromatic rings. The lowest BCUT2D eigenvalue weighted by Gasteiger charge is -2.36. The van der Waals surface area contributed by atoms with Crippen molar-refractivity contribution in [1.29, 1.82) is 0 Å². The summed E-state index contributed by atoms with van der Waals surface area (Å²) in [7, 11) is 0. The van der Waals surface area contributed by atoms with Crippen LogP contribution in [-0.2, 0) is 6.54 Å². The van der Waals surface area contributed by atoms with Crippen molar-refractivity contribution < 1.29 is 0 Å². The molecule has 0 bridgehead atoms. The third kappa shape index (κ3) is 4.24. The lowest BCUT2D eigenvalue weighted by molar-refractivity contribution is 0.177. The number of anilines is 1. The maximum absolute atomic E-state index is 6.29. The van der Waals surface area contributed by atoms with Gasteiger partial charge in [-0.3, -0.25) is 4.90 Å². The Hall–Kier alpha value is -2.14. The molecular weight excluding hydrogens is 374 g/mol. The molecular formula is C22H22ClN3S. The van der Waals surface area contributed by atoms with Crippen LogP contribution in [0.1, 0.15) is 5.56 Å². The lowest BCUT2D eigenvalue weighted by atomic mass is 10.1. The summed E-state index contributed by atoms with van der Waals surface area (Å²) >= 11 is 12.0. The Bertz CT molecular complexity index is 946.